The van der Waals surface area contributed by atoms with E-state index in [9.17, 15) is 0 Å². The second-order valence-corrected chi connectivity index (χ2v) is 5.59. The maximum absolute atomic E-state index is 5.45. The van der Waals surface area contributed by atoms with Crippen molar-refractivity contribution in [1.82, 2.24) is 4.98 Å². The van der Waals surface area contributed by atoms with Crippen LogP contribution in [0, 0.1) is 0 Å². The van der Waals surface area contributed by atoms with Crippen molar-refractivity contribution in [2.75, 3.05) is 14.2 Å². The molecule has 0 amide bonds. The second-order valence-electron chi connectivity index (χ2n) is 5.59. The average Bonchev–Trinajstić information content (AvgIpc) is 2.66. The van der Waals surface area contributed by atoms with Crippen LogP contribution in [-0.2, 0) is 0 Å². The molecule has 0 aliphatic heterocycles. The smallest absolute Gasteiger partial charge is 0.161 e. The molecule has 0 bridgehead atoms. The van der Waals surface area contributed by atoms with Gasteiger partial charge in [-0.15, -0.1) is 0 Å². The number of hydrogen-bond acceptors (Lipinski definition) is 3. The van der Waals surface area contributed by atoms with E-state index in [0.717, 1.165) is 27.5 Å². The Morgan fingerprint density at radius 1 is 0.667 bits per heavy atom. The van der Waals surface area contributed by atoms with Crippen molar-refractivity contribution < 1.29 is 9.47 Å². The van der Waals surface area contributed by atoms with E-state index >= 15 is 0 Å². The molecule has 1 aromatic heterocycles. The van der Waals surface area contributed by atoms with Crippen LogP contribution in [0.5, 0.6) is 11.5 Å². The Hall–Kier alpha value is -3.07. The highest BCUT2D eigenvalue weighted by Crippen LogP contribution is 2.36. The fraction of sp³-hybridized carbons (Fsp3) is 0.0952. The summed E-state index contributed by atoms with van der Waals surface area (Å²) in [4.78, 5) is 4.91. The van der Waals surface area contributed by atoms with E-state index in [0.29, 0.717) is 11.5 Å². The average molecular weight is 315 g/mol. The summed E-state index contributed by atoms with van der Waals surface area (Å²) in [5.41, 5.74) is 2.95. The fourth-order valence-corrected chi connectivity index (χ4v) is 3.11. The molecule has 0 saturated carbocycles. The molecule has 0 spiro atoms. The van der Waals surface area contributed by atoms with Crippen LogP contribution in [-0.4, -0.2) is 19.2 Å². The fourth-order valence-electron chi connectivity index (χ4n) is 3.11. The van der Waals surface area contributed by atoms with Crippen molar-refractivity contribution >= 4 is 21.7 Å². The first kappa shape index (κ1) is 14.5. The van der Waals surface area contributed by atoms with Gasteiger partial charge < -0.3 is 9.47 Å². The summed E-state index contributed by atoms with van der Waals surface area (Å²) in [5.74, 6) is 1.42. The maximum atomic E-state index is 5.45. The Morgan fingerprint density at radius 2 is 1.33 bits per heavy atom. The van der Waals surface area contributed by atoms with Gasteiger partial charge in [0.1, 0.15) is 0 Å². The van der Waals surface area contributed by atoms with Crippen LogP contribution in [0.3, 0.4) is 0 Å². The first-order valence-electron chi connectivity index (χ1n) is 7.81. The SMILES string of the molecule is COc1ccc(-c2nc3ccccc3c3ccccc23)cc1OC. The lowest BCUT2D eigenvalue weighted by Gasteiger charge is -2.12. The normalized spacial score (nSPS) is 10.9. The molecule has 4 rings (SSSR count). The number of fused-ring (bicyclic) bond motifs is 3. The molecule has 0 saturated heterocycles. The molecule has 0 aliphatic rings. The molecule has 0 atom stereocenters. The zero-order valence-corrected chi connectivity index (χ0v) is 13.6. The third-order valence-electron chi connectivity index (χ3n) is 4.27. The van der Waals surface area contributed by atoms with Crippen LogP contribution in [0.25, 0.3) is 32.9 Å². The molecule has 0 aliphatic carbocycles. The summed E-state index contributed by atoms with van der Waals surface area (Å²) in [7, 11) is 3.29. The van der Waals surface area contributed by atoms with E-state index in [4.69, 9.17) is 14.5 Å². The number of ether oxygens (including phenoxy) is 2. The summed E-state index contributed by atoms with van der Waals surface area (Å²) >= 11 is 0. The molecule has 118 valence electrons. The number of nitrogens with zero attached hydrogens (tertiary/aromatic N) is 1. The van der Waals surface area contributed by atoms with Crippen LogP contribution >= 0.6 is 0 Å². The molecule has 0 N–H and O–H groups in total. The van der Waals surface area contributed by atoms with Crippen LogP contribution < -0.4 is 9.47 Å². The lowest BCUT2D eigenvalue weighted by Crippen LogP contribution is -1.93. The summed E-state index contributed by atoms with van der Waals surface area (Å²) in [6.45, 7) is 0. The van der Waals surface area contributed by atoms with Crippen LogP contribution in [0.4, 0.5) is 0 Å². The van der Waals surface area contributed by atoms with Crippen LogP contribution in [0.15, 0.2) is 66.7 Å². The highest BCUT2D eigenvalue weighted by atomic mass is 16.5. The van der Waals surface area contributed by atoms with E-state index in [-0.39, 0.29) is 0 Å². The third kappa shape index (κ3) is 2.26. The van der Waals surface area contributed by atoms with Crippen molar-refractivity contribution in [1.29, 1.82) is 0 Å². The number of methoxy groups -OCH3 is 2. The molecule has 0 unspecified atom stereocenters. The molecule has 24 heavy (non-hydrogen) atoms. The molecule has 1 heterocycles. The van der Waals surface area contributed by atoms with Gasteiger partial charge in [-0.1, -0.05) is 42.5 Å². The highest BCUT2D eigenvalue weighted by molar-refractivity contribution is 6.10. The Kier molecular flexibility index (Phi) is 3.54. The van der Waals surface area contributed by atoms with Gasteiger partial charge in [0.2, 0.25) is 0 Å². The van der Waals surface area contributed by atoms with Gasteiger partial charge in [0.25, 0.3) is 0 Å². The lowest BCUT2D eigenvalue weighted by molar-refractivity contribution is 0.355. The zero-order valence-electron chi connectivity index (χ0n) is 13.6. The monoisotopic (exact) mass is 315 g/mol. The topological polar surface area (TPSA) is 31.4 Å². The van der Waals surface area contributed by atoms with Gasteiger partial charge in [0.15, 0.2) is 11.5 Å². The molecule has 0 fully saturated rings. The zero-order chi connectivity index (χ0) is 16.5. The first-order chi connectivity index (χ1) is 11.8. The summed E-state index contributed by atoms with van der Waals surface area (Å²) < 4.78 is 10.8. The third-order valence-corrected chi connectivity index (χ3v) is 4.27. The van der Waals surface area contributed by atoms with E-state index in [1.807, 2.05) is 42.5 Å². The summed E-state index contributed by atoms with van der Waals surface area (Å²) in [6.07, 6.45) is 0. The number of rotatable bonds is 3. The van der Waals surface area contributed by atoms with Crippen molar-refractivity contribution in [2.45, 2.75) is 0 Å². The van der Waals surface area contributed by atoms with Crippen LogP contribution in [0.2, 0.25) is 0 Å². The van der Waals surface area contributed by atoms with Gasteiger partial charge in [0.05, 0.1) is 25.4 Å². The quantitative estimate of drug-likeness (QED) is 0.494. The van der Waals surface area contributed by atoms with Gasteiger partial charge in [-0.3, -0.25) is 0 Å². The Labute approximate surface area is 140 Å². The van der Waals surface area contributed by atoms with Gasteiger partial charge in [-0.2, -0.15) is 0 Å². The predicted octanol–water partition coefficient (Wildman–Crippen LogP) is 5.07. The van der Waals surface area contributed by atoms with Crippen molar-refractivity contribution in [2.24, 2.45) is 0 Å². The van der Waals surface area contributed by atoms with Gasteiger partial charge in [-0.25, -0.2) is 4.98 Å². The number of hydrogen-bond donors (Lipinski definition) is 0. The van der Waals surface area contributed by atoms with Gasteiger partial charge in [0, 0.05) is 16.3 Å². The highest BCUT2D eigenvalue weighted by Gasteiger charge is 2.12. The Bertz CT molecular complexity index is 1040. The number of benzene rings is 3. The molecule has 4 aromatic rings. The first-order valence-corrected chi connectivity index (χ1v) is 7.81. The molecule has 3 aromatic carbocycles. The Balaban J connectivity index is 2.05. The van der Waals surface area contributed by atoms with E-state index in [1.54, 1.807) is 14.2 Å². The predicted molar refractivity (Wildman–Crippen MR) is 97.8 cm³/mol. The summed E-state index contributed by atoms with van der Waals surface area (Å²) in [6, 6.07) is 22.5. The molecule has 0 radical (unpaired) electrons. The van der Waals surface area contributed by atoms with Crippen molar-refractivity contribution in [3.63, 3.8) is 0 Å². The van der Waals surface area contributed by atoms with E-state index < -0.39 is 0 Å². The largest absolute Gasteiger partial charge is 0.493 e. The number of pyridine rings is 1. The van der Waals surface area contributed by atoms with E-state index in [2.05, 4.69) is 24.3 Å². The van der Waals surface area contributed by atoms with Crippen molar-refractivity contribution in [3.8, 4) is 22.8 Å². The molecule has 3 heteroatoms. The summed E-state index contributed by atoms with van der Waals surface area (Å²) in [5, 5.41) is 3.49. The molecule has 3 nitrogen and oxygen atoms in total. The van der Waals surface area contributed by atoms with Crippen molar-refractivity contribution in [3.05, 3.63) is 66.7 Å². The standard InChI is InChI=1S/C21H17NO2/c1-23-19-12-11-14(13-20(19)24-2)21-17-9-4-3-7-15(17)16-8-5-6-10-18(16)22-21/h3-13H,1-2H3. The van der Waals surface area contributed by atoms with Crippen LogP contribution in [0.1, 0.15) is 0 Å². The lowest BCUT2D eigenvalue weighted by atomic mass is 10.00. The minimum Gasteiger partial charge on any atom is -0.493 e. The minimum absolute atomic E-state index is 0.703. The number of aromatic nitrogens is 1. The molecular formula is C21H17NO2. The Morgan fingerprint density at radius 3 is 2.08 bits per heavy atom. The van der Waals surface area contributed by atoms with E-state index in [1.165, 1.54) is 5.39 Å². The van der Waals surface area contributed by atoms with Gasteiger partial charge in [-0.05, 0) is 29.7 Å². The second kappa shape index (κ2) is 5.85. The minimum atomic E-state index is 0.703. The maximum Gasteiger partial charge on any atom is 0.161 e. The number of para-hydroxylation sites is 1. The van der Waals surface area contributed by atoms with Gasteiger partial charge >= 0.3 is 0 Å². The molecular weight excluding hydrogens is 298 g/mol.